The molecule has 1 aromatic carbocycles. The molecule has 2 rings (SSSR count). The zero-order chi connectivity index (χ0) is 13.3. The molecule has 1 aromatic rings. The van der Waals surface area contributed by atoms with E-state index in [4.69, 9.17) is 5.73 Å². The molecule has 0 aromatic heterocycles. The Labute approximate surface area is 116 Å². The van der Waals surface area contributed by atoms with Crippen molar-refractivity contribution in [3.8, 4) is 0 Å². The van der Waals surface area contributed by atoms with Gasteiger partial charge in [-0.2, -0.15) is 0 Å². The van der Waals surface area contributed by atoms with E-state index in [9.17, 15) is 4.79 Å². The van der Waals surface area contributed by atoms with Crippen molar-refractivity contribution in [3.05, 3.63) is 28.2 Å². The van der Waals surface area contributed by atoms with Crippen molar-refractivity contribution < 1.29 is 4.79 Å². The molecule has 3 nitrogen and oxygen atoms in total. The van der Waals surface area contributed by atoms with Crippen LogP contribution in [0.2, 0.25) is 0 Å². The second-order valence-corrected chi connectivity index (χ2v) is 6.35. The molecule has 0 radical (unpaired) electrons. The van der Waals surface area contributed by atoms with E-state index >= 15 is 0 Å². The molecule has 0 atom stereocenters. The monoisotopic (exact) mass is 310 g/mol. The van der Waals surface area contributed by atoms with Crippen LogP contribution in [0.15, 0.2) is 22.7 Å². The van der Waals surface area contributed by atoms with Crippen molar-refractivity contribution in [3.63, 3.8) is 0 Å². The average Bonchev–Trinajstić information content (AvgIpc) is 3.07. The van der Waals surface area contributed by atoms with Crippen molar-refractivity contribution >= 4 is 27.5 Å². The van der Waals surface area contributed by atoms with Gasteiger partial charge in [-0.05, 0) is 42.4 Å². The Bertz CT molecular complexity index is 467. The summed E-state index contributed by atoms with van der Waals surface area (Å²) in [6, 6.07) is 5.34. The van der Waals surface area contributed by atoms with Crippen molar-refractivity contribution in [2.45, 2.75) is 26.7 Å². The zero-order valence-corrected chi connectivity index (χ0v) is 12.4. The number of halogens is 1. The summed E-state index contributed by atoms with van der Waals surface area (Å²) in [5, 5.41) is 3.01. The van der Waals surface area contributed by atoms with Gasteiger partial charge in [0.05, 0.1) is 5.56 Å². The molecular formula is C14H19BrN2O. The minimum Gasteiger partial charge on any atom is -0.398 e. The minimum absolute atomic E-state index is 0.0769. The molecule has 0 bridgehead atoms. The topological polar surface area (TPSA) is 55.1 Å². The molecule has 98 valence electrons. The SMILES string of the molecule is CC(C)C1(CNC(=O)c2ccc(Br)cc2N)CC1. The van der Waals surface area contributed by atoms with Gasteiger partial charge in [0, 0.05) is 16.7 Å². The van der Waals surface area contributed by atoms with Gasteiger partial charge in [0.15, 0.2) is 0 Å². The first-order valence-electron chi connectivity index (χ1n) is 6.28. The van der Waals surface area contributed by atoms with E-state index in [1.165, 1.54) is 12.8 Å². The molecule has 1 aliphatic rings. The summed E-state index contributed by atoms with van der Waals surface area (Å²) in [4.78, 5) is 12.1. The van der Waals surface area contributed by atoms with E-state index < -0.39 is 0 Å². The van der Waals surface area contributed by atoms with E-state index in [1.54, 1.807) is 12.1 Å². The lowest BCUT2D eigenvalue weighted by molar-refractivity contribution is 0.0940. The van der Waals surface area contributed by atoms with Gasteiger partial charge in [-0.3, -0.25) is 4.79 Å². The standard InChI is InChI=1S/C14H19BrN2O/c1-9(2)14(5-6-14)8-17-13(18)11-4-3-10(15)7-12(11)16/h3-4,7,9H,5-6,8,16H2,1-2H3,(H,17,18). The summed E-state index contributed by atoms with van der Waals surface area (Å²) in [6.45, 7) is 5.18. The molecule has 18 heavy (non-hydrogen) atoms. The number of carbonyl (C=O) groups excluding carboxylic acids is 1. The highest BCUT2D eigenvalue weighted by molar-refractivity contribution is 9.10. The summed E-state index contributed by atoms with van der Waals surface area (Å²) in [5.74, 6) is 0.534. The number of nitrogens with two attached hydrogens (primary N) is 1. The first kappa shape index (κ1) is 13.4. The summed E-state index contributed by atoms with van der Waals surface area (Å²) < 4.78 is 0.886. The minimum atomic E-state index is -0.0769. The van der Waals surface area contributed by atoms with Gasteiger partial charge in [0.25, 0.3) is 5.91 Å². The van der Waals surface area contributed by atoms with Crippen LogP contribution in [0.25, 0.3) is 0 Å². The van der Waals surface area contributed by atoms with Gasteiger partial charge in [-0.25, -0.2) is 0 Å². The van der Waals surface area contributed by atoms with Crippen LogP contribution in [0.4, 0.5) is 5.69 Å². The third kappa shape index (κ3) is 2.69. The summed E-state index contributed by atoms with van der Waals surface area (Å²) in [5.41, 5.74) is 7.23. The highest BCUT2D eigenvalue weighted by Gasteiger charge is 2.45. The van der Waals surface area contributed by atoms with Crippen LogP contribution in [0.1, 0.15) is 37.0 Å². The maximum Gasteiger partial charge on any atom is 0.253 e. The predicted octanol–water partition coefficient (Wildman–Crippen LogP) is 3.20. The van der Waals surface area contributed by atoms with Crippen LogP contribution in [0.3, 0.4) is 0 Å². The zero-order valence-electron chi connectivity index (χ0n) is 10.8. The molecule has 0 spiro atoms. The van der Waals surface area contributed by atoms with Crippen molar-refractivity contribution in [1.29, 1.82) is 0 Å². The fraction of sp³-hybridized carbons (Fsp3) is 0.500. The molecule has 1 amide bonds. The Kier molecular flexibility index (Phi) is 3.66. The van der Waals surface area contributed by atoms with Crippen LogP contribution < -0.4 is 11.1 Å². The quantitative estimate of drug-likeness (QED) is 0.839. The van der Waals surface area contributed by atoms with E-state index in [2.05, 4.69) is 35.1 Å². The molecule has 4 heteroatoms. The van der Waals surface area contributed by atoms with Crippen molar-refractivity contribution in [2.75, 3.05) is 12.3 Å². The first-order valence-corrected chi connectivity index (χ1v) is 7.07. The van der Waals surface area contributed by atoms with Crippen molar-refractivity contribution in [2.24, 2.45) is 11.3 Å². The number of hydrogen-bond donors (Lipinski definition) is 2. The lowest BCUT2D eigenvalue weighted by Crippen LogP contribution is -2.32. The largest absolute Gasteiger partial charge is 0.398 e. The van der Waals surface area contributed by atoms with Gasteiger partial charge in [0.2, 0.25) is 0 Å². The Balaban J connectivity index is 2.00. The molecule has 3 N–H and O–H groups in total. The highest BCUT2D eigenvalue weighted by atomic mass is 79.9. The molecule has 0 saturated heterocycles. The van der Waals surface area contributed by atoms with Gasteiger partial charge < -0.3 is 11.1 Å². The fourth-order valence-electron chi connectivity index (χ4n) is 2.21. The summed E-state index contributed by atoms with van der Waals surface area (Å²) >= 11 is 3.33. The molecule has 0 unspecified atom stereocenters. The van der Waals surface area contributed by atoms with Gasteiger partial charge >= 0.3 is 0 Å². The number of carbonyl (C=O) groups is 1. The predicted molar refractivity (Wildman–Crippen MR) is 77.4 cm³/mol. The van der Waals surface area contributed by atoms with Crippen LogP contribution in [-0.2, 0) is 0 Å². The Hall–Kier alpha value is -1.03. The van der Waals surface area contributed by atoms with E-state index in [-0.39, 0.29) is 5.91 Å². The normalized spacial score (nSPS) is 16.7. The molecule has 0 aliphatic heterocycles. The summed E-state index contributed by atoms with van der Waals surface area (Å²) in [6.07, 6.45) is 2.42. The molecule has 1 fully saturated rings. The number of anilines is 1. The average molecular weight is 311 g/mol. The van der Waals surface area contributed by atoms with Crippen LogP contribution >= 0.6 is 15.9 Å². The lowest BCUT2D eigenvalue weighted by Gasteiger charge is -2.20. The second-order valence-electron chi connectivity index (χ2n) is 5.43. The van der Waals surface area contributed by atoms with Crippen LogP contribution in [0.5, 0.6) is 0 Å². The second kappa shape index (κ2) is 4.92. The maximum absolute atomic E-state index is 12.1. The lowest BCUT2D eigenvalue weighted by atomic mass is 9.92. The number of rotatable bonds is 4. The fourth-order valence-corrected chi connectivity index (χ4v) is 2.59. The van der Waals surface area contributed by atoms with E-state index in [0.717, 1.165) is 11.0 Å². The third-order valence-electron chi connectivity index (χ3n) is 3.98. The smallest absolute Gasteiger partial charge is 0.253 e. The van der Waals surface area contributed by atoms with Gasteiger partial charge in [-0.15, -0.1) is 0 Å². The van der Waals surface area contributed by atoms with E-state index in [1.807, 2.05) is 6.07 Å². The first-order chi connectivity index (χ1) is 8.44. The number of hydrogen-bond acceptors (Lipinski definition) is 2. The molecule has 1 aliphatic carbocycles. The Morgan fingerprint density at radius 2 is 2.17 bits per heavy atom. The van der Waals surface area contributed by atoms with Crippen LogP contribution in [0, 0.1) is 11.3 Å². The summed E-state index contributed by atoms with van der Waals surface area (Å²) in [7, 11) is 0. The number of amides is 1. The Morgan fingerprint density at radius 1 is 1.50 bits per heavy atom. The molecular weight excluding hydrogens is 292 g/mol. The van der Waals surface area contributed by atoms with E-state index in [0.29, 0.717) is 22.6 Å². The van der Waals surface area contributed by atoms with Gasteiger partial charge in [-0.1, -0.05) is 29.8 Å². The number of nitrogens with one attached hydrogen (secondary N) is 1. The van der Waals surface area contributed by atoms with Crippen molar-refractivity contribution in [1.82, 2.24) is 5.32 Å². The number of benzene rings is 1. The van der Waals surface area contributed by atoms with Crippen LogP contribution in [-0.4, -0.2) is 12.5 Å². The molecule has 1 saturated carbocycles. The highest BCUT2D eigenvalue weighted by Crippen LogP contribution is 2.51. The third-order valence-corrected chi connectivity index (χ3v) is 4.47. The van der Waals surface area contributed by atoms with Gasteiger partial charge in [0.1, 0.15) is 0 Å². The maximum atomic E-state index is 12.1. The Morgan fingerprint density at radius 3 is 2.67 bits per heavy atom. The number of nitrogen functional groups attached to an aromatic ring is 1. The molecule has 0 heterocycles.